The normalized spacial score (nSPS) is 12.2. The van der Waals surface area contributed by atoms with E-state index in [1.54, 1.807) is 6.07 Å². The summed E-state index contributed by atoms with van der Waals surface area (Å²) < 4.78 is 6.95. The summed E-state index contributed by atoms with van der Waals surface area (Å²) in [4.78, 5) is 4.47. The number of aromatic nitrogens is 1. The van der Waals surface area contributed by atoms with Gasteiger partial charge in [0.2, 0.25) is 0 Å². The van der Waals surface area contributed by atoms with E-state index < -0.39 is 0 Å². The molecule has 0 spiro atoms. The highest BCUT2D eigenvalue weighted by Crippen LogP contribution is 2.27. The Kier molecular flexibility index (Phi) is 3.58. The van der Waals surface area contributed by atoms with Crippen LogP contribution in [0.15, 0.2) is 68.8 Å². The van der Waals surface area contributed by atoms with Gasteiger partial charge in [0.05, 0.1) is 0 Å². The van der Waals surface area contributed by atoms with Gasteiger partial charge in [-0.15, -0.1) is 0 Å². The molecule has 0 radical (unpaired) electrons. The Hall–Kier alpha value is -2.66. The molecule has 0 fully saturated rings. The van der Waals surface area contributed by atoms with Gasteiger partial charge < -0.3 is 9.62 Å². The Morgan fingerprint density at radius 2 is 1.88 bits per heavy atom. The van der Waals surface area contributed by atoms with E-state index in [9.17, 15) is 5.21 Å². The van der Waals surface area contributed by atoms with E-state index in [0.717, 1.165) is 26.2 Å². The predicted molar refractivity (Wildman–Crippen MR) is 96.7 cm³/mol. The second-order valence-electron chi connectivity index (χ2n) is 5.61. The molecule has 0 saturated heterocycles. The fourth-order valence-corrected chi connectivity index (χ4v) is 3.05. The van der Waals surface area contributed by atoms with Gasteiger partial charge >= 0.3 is 0 Å². The third-order valence-corrected chi connectivity index (χ3v) is 4.87. The van der Waals surface area contributed by atoms with Crippen LogP contribution in [0.5, 0.6) is 0 Å². The van der Waals surface area contributed by atoms with Crippen LogP contribution in [0.4, 0.5) is 0 Å². The zero-order valence-corrected chi connectivity index (χ0v) is 14.4. The van der Waals surface area contributed by atoms with Crippen molar-refractivity contribution in [3.63, 3.8) is 0 Å². The molecule has 2 heterocycles. The van der Waals surface area contributed by atoms with Crippen molar-refractivity contribution in [2.24, 2.45) is 5.16 Å². The van der Waals surface area contributed by atoms with Gasteiger partial charge in [-0.1, -0.05) is 45.4 Å². The molecule has 0 bridgehead atoms. The van der Waals surface area contributed by atoms with Crippen LogP contribution in [0.25, 0.3) is 33.2 Å². The fraction of sp³-hybridized carbons (Fsp3) is 0.0526. The number of aryl methyl sites for hydroxylation is 1. The zero-order valence-electron chi connectivity index (χ0n) is 12.8. The first-order valence-corrected chi connectivity index (χ1v) is 8.22. The van der Waals surface area contributed by atoms with Crippen LogP contribution in [0.3, 0.4) is 0 Å². The molecule has 0 atom stereocenters. The van der Waals surface area contributed by atoms with Crippen LogP contribution >= 0.6 is 15.9 Å². The molecule has 4 nitrogen and oxygen atoms in total. The summed E-state index contributed by atoms with van der Waals surface area (Å²) in [6.45, 7) is 1.98. The lowest BCUT2D eigenvalue weighted by Crippen LogP contribution is -2.04. The van der Waals surface area contributed by atoms with E-state index in [1.807, 2.05) is 55.6 Å². The van der Waals surface area contributed by atoms with Crippen molar-refractivity contribution in [1.82, 2.24) is 4.98 Å². The zero-order chi connectivity index (χ0) is 16.7. The van der Waals surface area contributed by atoms with Crippen molar-refractivity contribution in [2.75, 3.05) is 0 Å². The van der Waals surface area contributed by atoms with Gasteiger partial charge in [-0.3, -0.25) is 4.98 Å². The molecule has 4 rings (SSSR count). The number of benzene rings is 2. The first-order chi connectivity index (χ1) is 11.7. The number of rotatable bonds is 1. The molecule has 5 heteroatoms. The van der Waals surface area contributed by atoms with E-state index in [0.29, 0.717) is 22.4 Å². The Morgan fingerprint density at radius 3 is 2.67 bits per heavy atom. The number of fused-ring (bicyclic) bond motifs is 2. The summed E-state index contributed by atoms with van der Waals surface area (Å²) in [6, 6.07) is 15.5. The molecule has 2 aromatic carbocycles. The standard InChI is InChI=1S/C19H13BrN2O2/c1-11-6-14-16(22-23)9-19(24-18(14)8-15(11)20)17-7-12-4-2-3-5-13(12)10-21-17/h2-10,23H,1H3/b22-16+. The Morgan fingerprint density at radius 1 is 1.08 bits per heavy atom. The molecule has 0 unspecified atom stereocenters. The quantitative estimate of drug-likeness (QED) is 0.373. The molecular formula is C19H13BrN2O2. The number of halogens is 1. The lowest BCUT2D eigenvalue weighted by molar-refractivity contribution is 0.302. The van der Waals surface area contributed by atoms with E-state index in [2.05, 4.69) is 26.1 Å². The summed E-state index contributed by atoms with van der Waals surface area (Å²) in [7, 11) is 0. The minimum absolute atomic E-state index is 0.455. The van der Waals surface area contributed by atoms with Gasteiger partial charge in [-0.2, -0.15) is 0 Å². The first kappa shape index (κ1) is 14.9. The van der Waals surface area contributed by atoms with Gasteiger partial charge in [0, 0.05) is 27.5 Å². The van der Waals surface area contributed by atoms with Gasteiger partial charge in [-0.25, -0.2) is 0 Å². The maximum Gasteiger partial charge on any atom is 0.155 e. The van der Waals surface area contributed by atoms with Gasteiger partial charge in [0.15, 0.2) is 5.76 Å². The number of hydrogen-bond acceptors (Lipinski definition) is 4. The SMILES string of the molecule is Cc1cc2/c(=N/O)cc(-c3cc4ccccc4cn3)oc2cc1Br. The maximum absolute atomic E-state index is 9.39. The van der Waals surface area contributed by atoms with E-state index >= 15 is 0 Å². The molecule has 1 N–H and O–H groups in total. The molecule has 4 aromatic rings. The molecule has 0 aliphatic heterocycles. The monoisotopic (exact) mass is 380 g/mol. The molecule has 0 saturated carbocycles. The van der Waals surface area contributed by atoms with E-state index in [4.69, 9.17) is 4.42 Å². The molecule has 2 aromatic heterocycles. The highest BCUT2D eigenvalue weighted by molar-refractivity contribution is 9.10. The molecule has 0 aliphatic rings. The molecule has 0 amide bonds. The summed E-state index contributed by atoms with van der Waals surface area (Å²) in [5, 5.41) is 16.1. The van der Waals surface area contributed by atoms with Crippen LogP contribution in [-0.4, -0.2) is 10.2 Å². The third kappa shape index (κ3) is 2.47. The van der Waals surface area contributed by atoms with E-state index in [1.165, 1.54) is 0 Å². The second kappa shape index (κ2) is 5.76. The number of hydrogen-bond donors (Lipinski definition) is 1. The summed E-state index contributed by atoms with van der Waals surface area (Å²) in [5.41, 5.74) is 2.36. The average Bonchev–Trinajstić information content (AvgIpc) is 2.61. The highest BCUT2D eigenvalue weighted by atomic mass is 79.9. The van der Waals surface area contributed by atoms with Crippen molar-refractivity contribution in [2.45, 2.75) is 6.92 Å². The number of nitrogens with zero attached hydrogens (tertiary/aromatic N) is 2. The maximum atomic E-state index is 9.39. The molecule has 0 aliphatic carbocycles. The predicted octanol–water partition coefficient (Wildman–Crippen LogP) is 5.01. The van der Waals surface area contributed by atoms with Crippen molar-refractivity contribution in [3.8, 4) is 11.5 Å². The minimum Gasteiger partial charge on any atom is -0.454 e. The van der Waals surface area contributed by atoms with Gasteiger partial charge in [0.1, 0.15) is 16.6 Å². The lowest BCUT2D eigenvalue weighted by Gasteiger charge is -2.07. The van der Waals surface area contributed by atoms with Crippen LogP contribution in [0.1, 0.15) is 5.56 Å². The van der Waals surface area contributed by atoms with Crippen LogP contribution in [0.2, 0.25) is 0 Å². The summed E-state index contributed by atoms with van der Waals surface area (Å²) in [5.74, 6) is 0.553. The minimum atomic E-state index is 0.455. The largest absolute Gasteiger partial charge is 0.454 e. The van der Waals surface area contributed by atoms with E-state index in [-0.39, 0.29) is 0 Å². The molecule has 24 heavy (non-hydrogen) atoms. The van der Waals surface area contributed by atoms with Gasteiger partial charge in [-0.05, 0) is 36.1 Å². The Labute approximate surface area is 146 Å². The van der Waals surface area contributed by atoms with Crippen LogP contribution < -0.4 is 5.36 Å². The third-order valence-electron chi connectivity index (χ3n) is 4.02. The van der Waals surface area contributed by atoms with Crippen molar-refractivity contribution < 1.29 is 9.62 Å². The summed E-state index contributed by atoms with van der Waals surface area (Å²) in [6.07, 6.45) is 1.81. The highest BCUT2D eigenvalue weighted by Gasteiger charge is 2.10. The van der Waals surface area contributed by atoms with Crippen LogP contribution in [0, 0.1) is 6.92 Å². The smallest absolute Gasteiger partial charge is 0.155 e. The topological polar surface area (TPSA) is 58.6 Å². The average molecular weight is 381 g/mol. The molecular weight excluding hydrogens is 368 g/mol. The van der Waals surface area contributed by atoms with Crippen LogP contribution in [-0.2, 0) is 0 Å². The first-order valence-electron chi connectivity index (χ1n) is 7.43. The Bertz CT molecular complexity index is 1150. The second-order valence-corrected chi connectivity index (χ2v) is 6.46. The Balaban J connectivity index is 2.00. The van der Waals surface area contributed by atoms with Gasteiger partial charge in [0.25, 0.3) is 0 Å². The number of pyridine rings is 1. The molecule has 118 valence electrons. The van der Waals surface area contributed by atoms with Crippen molar-refractivity contribution >= 4 is 37.7 Å². The lowest BCUT2D eigenvalue weighted by atomic mass is 10.1. The summed E-state index contributed by atoms with van der Waals surface area (Å²) >= 11 is 3.51. The van der Waals surface area contributed by atoms with Crippen molar-refractivity contribution in [3.05, 3.63) is 70.1 Å². The fourth-order valence-electron chi connectivity index (χ4n) is 2.72. The van der Waals surface area contributed by atoms with Crippen molar-refractivity contribution in [1.29, 1.82) is 0 Å².